The van der Waals surface area contributed by atoms with Gasteiger partial charge in [-0.1, -0.05) is 0 Å². The second-order valence-electron chi connectivity index (χ2n) is 1.66. The molecule has 58 valence electrons. The molecule has 2 N–H and O–H groups in total. The maximum atomic E-state index is 10.1. The van der Waals surface area contributed by atoms with Crippen molar-refractivity contribution in [2.75, 3.05) is 0 Å². The van der Waals surface area contributed by atoms with Crippen molar-refractivity contribution in [3.8, 4) is 0 Å². The Bertz CT molecular complexity index is 125. The summed E-state index contributed by atoms with van der Waals surface area (Å²) in [5.41, 5.74) is 0. The van der Waals surface area contributed by atoms with Gasteiger partial charge in [0.05, 0.1) is 0 Å². The Kier molecular flexibility index (Phi) is 3.42. The Morgan fingerprint density at radius 3 is 2.40 bits per heavy atom. The van der Waals surface area contributed by atoms with Crippen LogP contribution in [0.3, 0.4) is 0 Å². The number of hydrogen-bond acceptors (Lipinski definition) is 4. The van der Waals surface area contributed by atoms with Gasteiger partial charge in [-0.15, -0.1) is 0 Å². The summed E-state index contributed by atoms with van der Waals surface area (Å²) in [6.07, 6.45) is -2.12. The third-order valence-electron chi connectivity index (χ3n) is 0.651. The van der Waals surface area contributed by atoms with E-state index in [0.717, 1.165) is 6.92 Å². The van der Waals surface area contributed by atoms with Crippen LogP contribution in [0.2, 0.25) is 0 Å². The molecule has 0 aromatic heterocycles. The predicted octanol–water partition coefficient (Wildman–Crippen LogP) is -0.657. The highest BCUT2D eigenvalue weighted by Gasteiger charge is 2.10. The van der Waals surface area contributed by atoms with Gasteiger partial charge in [0.25, 0.3) is 0 Å². The van der Waals surface area contributed by atoms with Gasteiger partial charge in [0.2, 0.25) is 6.29 Å². The van der Waals surface area contributed by atoms with Crippen LogP contribution in [0.25, 0.3) is 0 Å². The Morgan fingerprint density at radius 1 is 1.60 bits per heavy atom. The number of hydrogen-bond donors (Lipinski definition) is 2. The highest BCUT2D eigenvalue weighted by Crippen LogP contribution is 1.93. The van der Waals surface area contributed by atoms with Crippen LogP contribution in [0.1, 0.15) is 13.3 Å². The van der Waals surface area contributed by atoms with E-state index in [2.05, 4.69) is 4.74 Å². The summed E-state index contributed by atoms with van der Waals surface area (Å²) in [5, 5.41) is 16.6. The zero-order chi connectivity index (χ0) is 8.15. The molecule has 0 saturated carbocycles. The second-order valence-corrected chi connectivity index (χ2v) is 1.66. The molecule has 0 rings (SSSR count). The third kappa shape index (κ3) is 5.04. The number of rotatable bonds is 3. The highest BCUT2D eigenvalue weighted by atomic mass is 16.6. The predicted molar refractivity (Wildman–Crippen MR) is 30.0 cm³/mol. The molecule has 0 amide bonds. The molecular formula is C5H8O5. The Labute approximate surface area is 57.2 Å². The minimum atomic E-state index is -1.53. The third-order valence-corrected chi connectivity index (χ3v) is 0.651. The van der Waals surface area contributed by atoms with E-state index in [-0.39, 0.29) is 0 Å². The summed E-state index contributed by atoms with van der Waals surface area (Å²) in [6, 6.07) is 0. The van der Waals surface area contributed by atoms with Crippen molar-refractivity contribution in [2.45, 2.75) is 19.6 Å². The SMILES string of the molecule is CC(=O)OC(O)CC(=O)O. The van der Waals surface area contributed by atoms with E-state index in [0.29, 0.717) is 0 Å². The number of carboxylic acid groups (broad SMARTS) is 1. The van der Waals surface area contributed by atoms with Crippen LogP contribution in [0.5, 0.6) is 0 Å². The molecule has 0 radical (unpaired) electrons. The number of carboxylic acids is 1. The van der Waals surface area contributed by atoms with E-state index in [1.165, 1.54) is 0 Å². The van der Waals surface area contributed by atoms with E-state index in [9.17, 15) is 9.59 Å². The van der Waals surface area contributed by atoms with E-state index in [1.54, 1.807) is 0 Å². The molecule has 0 aromatic rings. The highest BCUT2D eigenvalue weighted by molar-refractivity contribution is 5.69. The van der Waals surface area contributed by atoms with Crippen LogP contribution in [-0.4, -0.2) is 28.4 Å². The molecule has 10 heavy (non-hydrogen) atoms. The molecule has 0 aliphatic carbocycles. The summed E-state index contributed by atoms with van der Waals surface area (Å²) in [7, 11) is 0. The molecule has 1 unspecified atom stereocenters. The van der Waals surface area contributed by atoms with Gasteiger partial charge >= 0.3 is 11.9 Å². The summed E-state index contributed by atoms with van der Waals surface area (Å²) in [4.78, 5) is 19.9. The summed E-state index contributed by atoms with van der Waals surface area (Å²) < 4.78 is 4.10. The normalized spacial score (nSPS) is 12.2. The van der Waals surface area contributed by atoms with E-state index >= 15 is 0 Å². The number of aliphatic hydroxyl groups is 1. The van der Waals surface area contributed by atoms with Crippen LogP contribution in [0.15, 0.2) is 0 Å². The molecule has 5 nitrogen and oxygen atoms in total. The summed E-state index contributed by atoms with van der Waals surface area (Å²) in [5.74, 6) is -1.91. The molecule has 5 heteroatoms. The monoisotopic (exact) mass is 148 g/mol. The second kappa shape index (κ2) is 3.84. The van der Waals surface area contributed by atoms with Crippen molar-refractivity contribution in [2.24, 2.45) is 0 Å². The number of carbonyl (C=O) groups excluding carboxylic acids is 1. The molecule has 0 spiro atoms. The van der Waals surface area contributed by atoms with Crippen LogP contribution in [0, 0.1) is 0 Å². The molecule has 0 aliphatic rings. The quantitative estimate of drug-likeness (QED) is 0.410. The fourth-order valence-corrected chi connectivity index (χ4v) is 0.383. The smallest absolute Gasteiger partial charge is 0.309 e. The average Bonchev–Trinajstić information content (AvgIpc) is 1.58. The van der Waals surface area contributed by atoms with Crippen molar-refractivity contribution in [3.63, 3.8) is 0 Å². The van der Waals surface area contributed by atoms with Crippen LogP contribution in [0.4, 0.5) is 0 Å². The van der Waals surface area contributed by atoms with Gasteiger partial charge in [-0.05, 0) is 0 Å². The van der Waals surface area contributed by atoms with Gasteiger partial charge < -0.3 is 14.9 Å². The van der Waals surface area contributed by atoms with E-state index < -0.39 is 24.6 Å². The zero-order valence-corrected chi connectivity index (χ0v) is 5.40. The van der Waals surface area contributed by atoms with Crippen molar-refractivity contribution in [3.05, 3.63) is 0 Å². The van der Waals surface area contributed by atoms with E-state index in [1.807, 2.05) is 0 Å². The molecule has 0 aromatic carbocycles. The number of carbonyl (C=O) groups is 2. The zero-order valence-electron chi connectivity index (χ0n) is 5.40. The molecule has 0 saturated heterocycles. The lowest BCUT2D eigenvalue weighted by atomic mass is 10.4. The van der Waals surface area contributed by atoms with Crippen molar-refractivity contribution in [1.29, 1.82) is 0 Å². The first-order valence-electron chi connectivity index (χ1n) is 2.59. The van der Waals surface area contributed by atoms with Crippen molar-refractivity contribution >= 4 is 11.9 Å². The van der Waals surface area contributed by atoms with E-state index in [4.69, 9.17) is 10.2 Å². The van der Waals surface area contributed by atoms with Crippen LogP contribution in [-0.2, 0) is 14.3 Å². The first kappa shape index (κ1) is 8.90. The lowest BCUT2D eigenvalue weighted by Gasteiger charge is -2.06. The largest absolute Gasteiger partial charge is 0.481 e. The lowest BCUT2D eigenvalue weighted by Crippen LogP contribution is -2.19. The van der Waals surface area contributed by atoms with Gasteiger partial charge in [-0.25, -0.2) is 0 Å². The minimum Gasteiger partial charge on any atom is -0.481 e. The molecule has 0 fully saturated rings. The fourth-order valence-electron chi connectivity index (χ4n) is 0.383. The molecule has 0 aliphatic heterocycles. The summed E-state index contributed by atoms with van der Waals surface area (Å²) >= 11 is 0. The number of esters is 1. The number of ether oxygens (including phenoxy) is 1. The minimum absolute atomic E-state index is 0.584. The van der Waals surface area contributed by atoms with Gasteiger partial charge in [0.1, 0.15) is 6.42 Å². The number of aliphatic hydroxyl groups excluding tert-OH is 1. The maximum absolute atomic E-state index is 10.1. The summed E-state index contributed by atoms with van der Waals surface area (Å²) in [6.45, 7) is 1.09. The lowest BCUT2D eigenvalue weighted by molar-refractivity contribution is -0.170. The molecule has 0 bridgehead atoms. The molecule has 1 atom stereocenters. The Morgan fingerprint density at radius 2 is 2.10 bits per heavy atom. The van der Waals surface area contributed by atoms with Gasteiger partial charge in [-0.2, -0.15) is 0 Å². The first-order chi connectivity index (χ1) is 4.52. The van der Waals surface area contributed by atoms with Gasteiger partial charge in [-0.3, -0.25) is 9.59 Å². The Balaban J connectivity index is 3.53. The molecular weight excluding hydrogens is 140 g/mol. The standard InChI is InChI=1S/C5H8O5/c1-3(6)10-5(9)2-4(7)8/h5,9H,2H2,1H3,(H,7,8). The van der Waals surface area contributed by atoms with Gasteiger partial charge in [0, 0.05) is 6.92 Å². The Hall–Kier alpha value is -1.10. The first-order valence-corrected chi connectivity index (χ1v) is 2.59. The number of aliphatic carboxylic acids is 1. The topological polar surface area (TPSA) is 83.8 Å². The van der Waals surface area contributed by atoms with Crippen LogP contribution >= 0.6 is 0 Å². The van der Waals surface area contributed by atoms with Crippen molar-refractivity contribution < 1.29 is 24.5 Å². The fraction of sp³-hybridized carbons (Fsp3) is 0.600. The van der Waals surface area contributed by atoms with Gasteiger partial charge in [0.15, 0.2) is 0 Å². The average molecular weight is 148 g/mol. The van der Waals surface area contributed by atoms with Crippen molar-refractivity contribution in [1.82, 2.24) is 0 Å². The maximum Gasteiger partial charge on any atom is 0.309 e. The van der Waals surface area contributed by atoms with Crippen LogP contribution < -0.4 is 0 Å². The molecule has 0 heterocycles.